The highest BCUT2D eigenvalue weighted by atomic mass is 35.5. The van der Waals surface area contributed by atoms with Gasteiger partial charge in [0.15, 0.2) is 0 Å². The minimum absolute atomic E-state index is 0.112. The lowest BCUT2D eigenvalue weighted by atomic mass is 9.80. The average Bonchev–Trinajstić information content (AvgIpc) is 2.90. The first kappa shape index (κ1) is 24.9. The minimum Gasteiger partial charge on any atom is -0.508 e. The van der Waals surface area contributed by atoms with Gasteiger partial charge < -0.3 is 15.6 Å². The Hall–Kier alpha value is -2.73. The van der Waals surface area contributed by atoms with Gasteiger partial charge in [0.25, 0.3) is 0 Å². The third kappa shape index (κ3) is 5.11. The molecular weight excluding hydrogens is 440 g/mol. The molecule has 2 aromatic rings. The van der Waals surface area contributed by atoms with Gasteiger partial charge in [0, 0.05) is 17.5 Å². The van der Waals surface area contributed by atoms with E-state index in [1.165, 1.54) is 4.90 Å². The van der Waals surface area contributed by atoms with Gasteiger partial charge >= 0.3 is 6.09 Å². The predicted molar refractivity (Wildman–Crippen MR) is 130 cm³/mol. The predicted octanol–water partition coefficient (Wildman–Crippen LogP) is 4.95. The maximum atomic E-state index is 13.2. The molecule has 3 N–H and O–H groups in total. The molecule has 178 valence electrons. The number of fused-ring (bicyclic) bond motifs is 1. The lowest BCUT2D eigenvalue weighted by molar-refractivity contribution is -0.123. The van der Waals surface area contributed by atoms with Crippen molar-refractivity contribution in [1.29, 1.82) is 0 Å². The van der Waals surface area contributed by atoms with Crippen molar-refractivity contribution in [2.75, 3.05) is 6.54 Å². The molecule has 0 aliphatic carbocycles. The summed E-state index contributed by atoms with van der Waals surface area (Å²) in [6, 6.07) is 7.78. The Labute approximate surface area is 200 Å². The molecule has 0 saturated carbocycles. The number of halogens is 1. The fourth-order valence-corrected chi connectivity index (χ4v) is 5.11. The van der Waals surface area contributed by atoms with Gasteiger partial charge in [-0.3, -0.25) is 9.69 Å². The summed E-state index contributed by atoms with van der Waals surface area (Å²) in [6.45, 7) is 9.74. The van der Waals surface area contributed by atoms with Crippen LogP contribution in [0.2, 0.25) is 5.02 Å². The SMILES string of the molecule is CCc1cc2c(c(Cl)c1CC)CCN(C(=O)OC(C)(C)C)[C@@H](C(N)=O)C2c1ccc(O)cc1. The lowest BCUT2D eigenvalue weighted by Gasteiger charge is -2.35. The quantitative estimate of drug-likeness (QED) is 0.658. The number of nitrogens with zero attached hydrogens (tertiary/aromatic N) is 1. The number of aromatic hydroxyl groups is 1. The Morgan fingerprint density at radius 1 is 1.18 bits per heavy atom. The number of ether oxygens (including phenoxy) is 1. The van der Waals surface area contributed by atoms with Crippen molar-refractivity contribution < 1.29 is 19.4 Å². The van der Waals surface area contributed by atoms with Gasteiger partial charge in [-0.2, -0.15) is 0 Å². The van der Waals surface area contributed by atoms with Crippen molar-refractivity contribution in [3.05, 3.63) is 63.2 Å². The standard InChI is InChI=1S/C26H33ClN2O4/c1-6-15-14-20-19(22(27)18(15)7-2)12-13-29(25(32)33-26(3,4)5)23(24(28)31)21(20)16-8-10-17(30)11-9-16/h8-11,14,21,23,30H,6-7,12-13H2,1-5H3,(H2,28,31)/t21?,23-/m1/s1. The summed E-state index contributed by atoms with van der Waals surface area (Å²) in [6.07, 6.45) is 1.46. The van der Waals surface area contributed by atoms with Crippen LogP contribution in [0.3, 0.4) is 0 Å². The first-order valence-corrected chi connectivity index (χ1v) is 11.8. The van der Waals surface area contributed by atoms with Gasteiger partial charge in [-0.15, -0.1) is 0 Å². The first-order chi connectivity index (χ1) is 15.5. The van der Waals surface area contributed by atoms with Gasteiger partial charge in [-0.25, -0.2) is 4.79 Å². The van der Waals surface area contributed by atoms with Crippen LogP contribution in [-0.2, 0) is 28.8 Å². The second kappa shape index (κ2) is 9.64. The maximum Gasteiger partial charge on any atom is 0.411 e. The molecule has 33 heavy (non-hydrogen) atoms. The molecule has 1 aliphatic heterocycles. The fraction of sp³-hybridized carbons (Fsp3) is 0.462. The molecule has 1 aliphatic rings. The van der Waals surface area contributed by atoms with Crippen LogP contribution in [0.1, 0.15) is 68.4 Å². The van der Waals surface area contributed by atoms with Gasteiger partial charge in [0.1, 0.15) is 17.4 Å². The van der Waals surface area contributed by atoms with Gasteiger partial charge in [0.2, 0.25) is 5.91 Å². The number of benzene rings is 2. The summed E-state index contributed by atoms with van der Waals surface area (Å²) in [5.41, 5.74) is 9.97. The number of carbonyl (C=O) groups is 2. The Morgan fingerprint density at radius 3 is 2.33 bits per heavy atom. The second-order valence-corrected chi connectivity index (χ2v) is 9.82. The highest BCUT2D eigenvalue weighted by Gasteiger charge is 2.42. The van der Waals surface area contributed by atoms with E-state index in [1.807, 2.05) is 0 Å². The summed E-state index contributed by atoms with van der Waals surface area (Å²) in [4.78, 5) is 27.5. The highest BCUT2D eigenvalue weighted by molar-refractivity contribution is 6.32. The molecule has 3 rings (SSSR count). The van der Waals surface area contributed by atoms with E-state index in [0.29, 0.717) is 11.4 Å². The number of hydrogen-bond acceptors (Lipinski definition) is 4. The third-order valence-corrected chi connectivity index (χ3v) is 6.55. The molecule has 0 aromatic heterocycles. The molecule has 7 heteroatoms. The van der Waals surface area contributed by atoms with E-state index >= 15 is 0 Å². The zero-order valence-electron chi connectivity index (χ0n) is 19.9. The second-order valence-electron chi connectivity index (χ2n) is 9.44. The summed E-state index contributed by atoms with van der Waals surface area (Å²) < 4.78 is 5.64. The average molecular weight is 473 g/mol. The number of amides is 2. The molecule has 0 saturated heterocycles. The van der Waals surface area contributed by atoms with Crippen molar-refractivity contribution >= 4 is 23.6 Å². The summed E-state index contributed by atoms with van der Waals surface area (Å²) in [7, 11) is 0. The topological polar surface area (TPSA) is 92.9 Å². The molecule has 2 atom stereocenters. The zero-order valence-corrected chi connectivity index (χ0v) is 20.7. The number of phenolic OH excluding ortho intramolecular Hbond substituents is 1. The zero-order chi connectivity index (χ0) is 24.5. The van der Waals surface area contributed by atoms with E-state index in [0.717, 1.165) is 40.7 Å². The molecule has 6 nitrogen and oxygen atoms in total. The number of aryl methyl sites for hydroxylation is 1. The minimum atomic E-state index is -0.973. The monoisotopic (exact) mass is 472 g/mol. The summed E-state index contributed by atoms with van der Waals surface area (Å²) in [5.74, 6) is -1.07. The fourth-order valence-electron chi connectivity index (χ4n) is 4.65. The van der Waals surface area contributed by atoms with Crippen LogP contribution < -0.4 is 5.73 Å². The van der Waals surface area contributed by atoms with E-state index in [-0.39, 0.29) is 12.3 Å². The number of hydrogen-bond donors (Lipinski definition) is 2. The molecule has 0 fully saturated rings. The van der Waals surface area contributed by atoms with Crippen molar-refractivity contribution in [2.24, 2.45) is 5.73 Å². The van der Waals surface area contributed by atoms with Gasteiger partial charge in [-0.05, 0) is 80.0 Å². The molecule has 2 aromatic carbocycles. The summed E-state index contributed by atoms with van der Waals surface area (Å²) >= 11 is 6.93. The van der Waals surface area contributed by atoms with Crippen molar-refractivity contribution in [3.8, 4) is 5.75 Å². The van der Waals surface area contributed by atoms with E-state index in [1.54, 1.807) is 45.0 Å². The van der Waals surface area contributed by atoms with Crippen LogP contribution in [0.4, 0.5) is 4.79 Å². The van der Waals surface area contributed by atoms with Crippen LogP contribution in [0.5, 0.6) is 5.75 Å². The number of rotatable bonds is 4. The van der Waals surface area contributed by atoms with E-state index in [4.69, 9.17) is 22.1 Å². The molecule has 0 bridgehead atoms. The van der Waals surface area contributed by atoms with Crippen LogP contribution >= 0.6 is 11.6 Å². The van der Waals surface area contributed by atoms with Gasteiger partial charge in [-0.1, -0.05) is 43.6 Å². The van der Waals surface area contributed by atoms with Crippen LogP contribution in [0, 0.1) is 0 Å². The first-order valence-electron chi connectivity index (χ1n) is 11.4. The van der Waals surface area contributed by atoms with Gasteiger partial charge in [0.05, 0.1) is 0 Å². The molecule has 0 spiro atoms. The number of nitrogens with two attached hydrogens (primary N) is 1. The summed E-state index contributed by atoms with van der Waals surface area (Å²) in [5, 5.41) is 10.5. The van der Waals surface area contributed by atoms with Crippen LogP contribution in [-0.4, -0.2) is 40.2 Å². The number of carbonyl (C=O) groups excluding carboxylic acids is 2. The lowest BCUT2D eigenvalue weighted by Crippen LogP contribution is -2.52. The van der Waals surface area contributed by atoms with E-state index in [9.17, 15) is 14.7 Å². The molecule has 2 amide bonds. The third-order valence-electron chi connectivity index (χ3n) is 6.09. The molecule has 1 unspecified atom stereocenters. The van der Waals surface area contributed by atoms with Crippen molar-refractivity contribution in [3.63, 3.8) is 0 Å². The van der Waals surface area contributed by atoms with Crippen LogP contribution in [0.25, 0.3) is 0 Å². The largest absolute Gasteiger partial charge is 0.508 e. The maximum absolute atomic E-state index is 13.2. The normalized spacial score (nSPS) is 18.4. The Balaban J connectivity index is 2.28. The van der Waals surface area contributed by atoms with Crippen LogP contribution in [0.15, 0.2) is 30.3 Å². The molecule has 0 radical (unpaired) electrons. The van der Waals surface area contributed by atoms with Crippen molar-refractivity contribution in [1.82, 2.24) is 4.90 Å². The Morgan fingerprint density at radius 2 is 1.82 bits per heavy atom. The Kier molecular flexibility index (Phi) is 7.27. The molecule has 1 heterocycles. The Bertz CT molecular complexity index is 1040. The van der Waals surface area contributed by atoms with E-state index in [2.05, 4.69) is 19.9 Å². The number of primary amides is 1. The van der Waals surface area contributed by atoms with E-state index < -0.39 is 29.6 Å². The number of phenols is 1. The molecular formula is C26H33ClN2O4. The smallest absolute Gasteiger partial charge is 0.411 e. The highest BCUT2D eigenvalue weighted by Crippen LogP contribution is 2.42. The van der Waals surface area contributed by atoms with Crippen molar-refractivity contribution in [2.45, 2.75) is 71.4 Å².